The van der Waals surface area contributed by atoms with Crippen molar-refractivity contribution in [1.29, 1.82) is 0 Å². The van der Waals surface area contributed by atoms with Gasteiger partial charge in [0.25, 0.3) is 0 Å². The van der Waals surface area contributed by atoms with Crippen LogP contribution in [0.15, 0.2) is 23.5 Å². The van der Waals surface area contributed by atoms with Crippen molar-refractivity contribution >= 4 is 0 Å². The lowest BCUT2D eigenvalue weighted by molar-refractivity contribution is 0.204. The molecule has 1 N–H and O–H groups in total. The average Bonchev–Trinajstić information content (AvgIpc) is 1.95. The van der Waals surface area contributed by atoms with Crippen LogP contribution in [0.4, 0.5) is 0 Å². The SMILES string of the molecule is CC1=C(O)C(C)(C)C(C)C=C1. The summed E-state index contributed by atoms with van der Waals surface area (Å²) in [6.07, 6.45) is 4.14. The first kappa shape index (κ1) is 8.38. The van der Waals surface area contributed by atoms with Crippen molar-refractivity contribution < 1.29 is 5.11 Å². The van der Waals surface area contributed by atoms with Crippen LogP contribution in [0.2, 0.25) is 0 Å². The van der Waals surface area contributed by atoms with E-state index in [4.69, 9.17) is 0 Å². The monoisotopic (exact) mass is 152 g/mol. The first-order valence-corrected chi connectivity index (χ1v) is 4.04. The lowest BCUT2D eigenvalue weighted by atomic mass is 9.74. The van der Waals surface area contributed by atoms with Gasteiger partial charge in [-0.25, -0.2) is 0 Å². The summed E-state index contributed by atoms with van der Waals surface area (Å²) >= 11 is 0. The molecule has 1 heteroatoms. The molecule has 0 aromatic rings. The van der Waals surface area contributed by atoms with Crippen LogP contribution in [0.3, 0.4) is 0 Å². The molecule has 0 bridgehead atoms. The topological polar surface area (TPSA) is 20.2 Å². The van der Waals surface area contributed by atoms with Gasteiger partial charge in [-0.15, -0.1) is 0 Å². The number of aliphatic hydroxyl groups excluding tert-OH is 1. The van der Waals surface area contributed by atoms with E-state index in [1.807, 2.05) is 13.0 Å². The normalized spacial score (nSPS) is 29.3. The van der Waals surface area contributed by atoms with E-state index in [9.17, 15) is 5.11 Å². The third kappa shape index (κ3) is 1.20. The van der Waals surface area contributed by atoms with Crippen molar-refractivity contribution in [3.8, 4) is 0 Å². The lowest BCUT2D eigenvalue weighted by Gasteiger charge is -2.32. The van der Waals surface area contributed by atoms with Crippen LogP contribution in [0.25, 0.3) is 0 Å². The van der Waals surface area contributed by atoms with Crippen LogP contribution in [0.5, 0.6) is 0 Å². The summed E-state index contributed by atoms with van der Waals surface area (Å²) in [5.74, 6) is 0.957. The molecule has 0 saturated heterocycles. The summed E-state index contributed by atoms with van der Waals surface area (Å²) < 4.78 is 0. The van der Waals surface area contributed by atoms with Gasteiger partial charge in [0.1, 0.15) is 5.76 Å². The molecule has 0 spiro atoms. The summed E-state index contributed by atoms with van der Waals surface area (Å²) in [7, 11) is 0. The van der Waals surface area contributed by atoms with Gasteiger partial charge in [0, 0.05) is 5.41 Å². The Labute approximate surface area is 68.4 Å². The Morgan fingerprint density at radius 2 is 2.00 bits per heavy atom. The number of hydrogen-bond acceptors (Lipinski definition) is 1. The van der Waals surface area contributed by atoms with Gasteiger partial charge in [0.2, 0.25) is 0 Å². The molecule has 0 aromatic heterocycles. The van der Waals surface area contributed by atoms with Crippen LogP contribution < -0.4 is 0 Å². The Hall–Kier alpha value is -0.720. The van der Waals surface area contributed by atoms with E-state index in [0.29, 0.717) is 11.7 Å². The maximum absolute atomic E-state index is 9.70. The van der Waals surface area contributed by atoms with E-state index < -0.39 is 0 Å². The maximum atomic E-state index is 9.70. The molecule has 0 aliphatic heterocycles. The Bertz CT molecular complexity index is 221. The van der Waals surface area contributed by atoms with Crippen molar-refractivity contribution in [2.45, 2.75) is 27.7 Å². The van der Waals surface area contributed by atoms with Gasteiger partial charge in [-0.2, -0.15) is 0 Å². The van der Waals surface area contributed by atoms with E-state index >= 15 is 0 Å². The van der Waals surface area contributed by atoms with Gasteiger partial charge in [-0.1, -0.05) is 32.9 Å². The molecule has 0 amide bonds. The predicted octanol–water partition coefficient (Wildman–Crippen LogP) is 3.05. The molecule has 1 aliphatic rings. The zero-order valence-corrected chi connectivity index (χ0v) is 7.68. The Morgan fingerprint density at radius 3 is 2.45 bits per heavy atom. The minimum atomic E-state index is -0.0845. The second kappa shape index (κ2) is 2.40. The second-order valence-electron chi connectivity index (χ2n) is 3.90. The van der Waals surface area contributed by atoms with E-state index in [1.165, 1.54) is 0 Å². The zero-order chi connectivity index (χ0) is 8.65. The molecule has 1 unspecified atom stereocenters. The molecule has 1 rings (SSSR count). The van der Waals surface area contributed by atoms with E-state index in [1.54, 1.807) is 0 Å². The smallest absolute Gasteiger partial charge is 0.101 e. The fourth-order valence-electron chi connectivity index (χ4n) is 1.33. The third-order valence-corrected chi connectivity index (χ3v) is 2.76. The van der Waals surface area contributed by atoms with Gasteiger partial charge in [0.05, 0.1) is 0 Å². The maximum Gasteiger partial charge on any atom is 0.101 e. The quantitative estimate of drug-likeness (QED) is 0.565. The number of aliphatic hydroxyl groups is 1. The fourth-order valence-corrected chi connectivity index (χ4v) is 1.33. The van der Waals surface area contributed by atoms with Crippen molar-refractivity contribution in [3.05, 3.63) is 23.5 Å². The molecular weight excluding hydrogens is 136 g/mol. The largest absolute Gasteiger partial charge is 0.511 e. The summed E-state index contributed by atoms with van der Waals surface area (Å²) in [4.78, 5) is 0. The van der Waals surface area contributed by atoms with Crippen LogP contribution in [0, 0.1) is 11.3 Å². The van der Waals surface area contributed by atoms with Crippen molar-refractivity contribution in [2.24, 2.45) is 11.3 Å². The van der Waals surface area contributed by atoms with Crippen molar-refractivity contribution in [1.82, 2.24) is 0 Å². The highest BCUT2D eigenvalue weighted by Gasteiger charge is 2.31. The average molecular weight is 152 g/mol. The number of hydrogen-bond donors (Lipinski definition) is 1. The van der Waals surface area contributed by atoms with E-state index in [-0.39, 0.29) is 5.41 Å². The Morgan fingerprint density at radius 1 is 1.45 bits per heavy atom. The summed E-state index contributed by atoms with van der Waals surface area (Å²) in [5.41, 5.74) is 0.909. The lowest BCUT2D eigenvalue weighted by Crippen LogP contribution is -2.25. The van der Waals surface area contributed by atoms with E-state index in [0.717, 1.165) is 5.57 Å². The van der Waals surface area contributed by atoms with Crippen LogP contribution >= 0.6 is 0 Å². The molecule has 0 radical (unpaired) electrons. The highest BCUT2D eigenvalue weighted by atomic mass is 16.3. The second-order valence-corrected chi connectivity index (χ2v) is 3.90. The molecule has 1 atom stereocenters. The standard InChI is InChI=1S/C10H16O/c1-7-5-6-8(2)10(3,4)9(7)11/h5-6,8,11H,1-4H3. The third-order valence-electron chi connectivity index (χ3n) is 2.76. The van der Waals surface area contributed by atoms with Gasteiger partial charge in [0.15, 0.2) is 0 Å². The van der Waals surface area contributed by atoms with Gasteiger partial charge < -0.3 is 5.11 Å². The molecule has 0 heterocycles. The number of rotatable bonds is 0. The Kier molecular flexibility index (Phi) is 1.83. The molecule has 1 aliphatic carbocycles. The zero-order valence-electron chi connectivity index (χ0n) is 7.68. The van der Waals surface area contributed by atoms with Crippen molar-refractivity contribution in [2.75, 3.05) is 0 Å². The molecule has 62 valence electrons. The summed E-state index contributed by atoms with van der Waals surface area (Å²) in [6.45, 7) is 8.21. The molecular formula is C10H16O. The first-order chi connectivity index (χ1) is 4.96. The summed E-state index contributed by atoms with van der Waals surface area (Å²) in [6, 6.07) is 0. The molecule has 0 fully saturated rings. The van der Waals surface area contributed by atoms with Crippen molar-refractivity contribution in [3.63, 3.8) is 0 Å². The van der Waals surface area contributed by atoms with E-state index in [2.05, 4.69) is 26.8 Å². The molecule has 11 heavy (non-hydrogen) atoms. The minimum absolute atomic E-state index is 0.0845. The van der Waals surface area contributed by atoms with Gasteiger partial charge in [-0.3, -0.25) is 0 Å². The fraction of sp³-hybridized carbons (Fsp3) is 0.600. The Balaban J connectivity index is 3.07. The highest BCUT2D eigenvalue weighted by Crippen LogP contribution is 2.39. The van der Waals surface area contributed by atoms with Gasteiger partial charge in [-0.05, 0) is 18.4 Å². The predicted molar refractivity (Wildman–Crippen MR) is 47.4 cm³/mol. The van der Waals surface area contributed by atoms with Gasteiger partial charge >= 0.3 is 0 Å². The molecule has 1 nitrogen and oxygen atoms in total. The molecule has 0 aromatic carbocycles. The van der Waals surface area contributed by atoms with Crippen LogP contribution in [-0.2, 0) is 0 Å². The van der Waals surface area contributed by atoms with Crippen LogP contribution in [-0.4, -0.2) is 5.11 Å². The molecule has 0 saturated carbocycles. The number of allylic oxidation sites excluding steroid dienone is 4. The minimum Gasteiger partial charge on any atom is -0.511 e. The highest BCUT2D eigenvalue weighted by molar-refractivity contribution is 5.29. The first-order valence-electron chi connectivity index (χ1n) is 4.04. The van der Waals surface area contributed by atoms with Crippen LogP contribution in [0.1, 0.15) is 27.7 Å². The summed E-state index contributed by atoms with van der Waals surface area (Å²) in [5, 5.41) is 9.70.